The number of guanidine groups is 1. The molecule has 3 rings (SSSR count). The van der Waals surface area contributed by atoms with E-state index in [4.69, 9.17) is 4.74 Å². The van der Waals surface area contributed by atoms with Crippen molar-refractivity contribution in [2.75, 3.05) is 14.2 Å². The van der Waals surface area contributed by atoms with Crippen LogP contribution in [0, 0.1) is 0 Å². The molecule has 0 atom stereocenters. The van der Waals surface area contributed by atoms with Gasteiger partial charge in [-0.2, -0.15) is 18.3 Å². The number of rotatable bonds is 6. The summed E-state index contributed by atoms with van der Waals surface area (Å²) in [6, 6.07) is 12.5. The number of nitrogens with one attached hydrogen (secondary N) is 3. The summed E-state index contributed by atoms with van der Waals surface area (Å²) < 4.78 is 43.6. The predicted octanol–water partition coefficient (Wildman–Crippen LogP) is 3.98. The molecule has 0 fully saturated rings. The highest BCUT2D eigenvalue weighted by molar-refractivity contribution is 14.0. The van der Waals surface area contributed by atoms with Gasteiger partial charge in [0.25, 0.3) is 0 Å². The van der Waals surface area contributed by atoms with E-state index in [0.717, 1.165) is 23.4 Å². The Hall–Kier alpha value is -2.83. The first-order chi connectivity index (χ1) is 14.4. The van der Waals surface area contributed by atoms with Gasteiger partial charge >= 0.3 is 6.18 Å². The largest absolute Gasteiger partial charge is 0.497 e. The van der Waals surface area contributed by atoms with Crippen LogP contribution in [0.2, 0.25) is 0 Å². The lowest BCUT2D eigenvalue weighted by Crippen LogP contribution is -2.36. The van der Waals surface area contributed by atoms with Gasteiger partial charge in [-0.15, -0.1) is 24.0 Å². The number of aromatic nitrogens is 3. The Morgan fingerprint density at radius 2 is 1.81 bits per heavy atom. The third kappa shape index (κ3) is 6.84. The summed E-state index contributed by atoms with van der Waals surface area (Å²) in [6.45, 7) is 0.502. The summed E-state index contributed by atoms with van der Waals surface area (Å²) in [5, 5.41) is 13.1. The van der Waals surface area contributed by atoms with E-state index >= 15 is 0 Å². The van der Waals surface area contributed by atoms with Gasteiger partial charge in [-0.05, 0) is 42.0 Å². The van der Waals surface area contributed by atoms with Gasteiger partial charge in [0.05, 0.1) is 19.2 Å². The fourth-order valence-electron chi connectivity index (χ4n) is 2.68. The minimum atomic E-state index is -4.37. The first kappa shape index (κ1) is 24.4. The highest BCUT2D eigenvalue weighted by atomic mass is 127. The smallest absolute Gasteiger partial charge is 0.416 e. The third-order valence-corrected chi connectivity index (χ3v) is 4.24. The minimum absolute atomic E-state index is 0. The molecule has 0 aliphatic carbocycles. The maximum Gasteiger partial charge on any atom is 0.416 e. The number of aromatic amines is 1. The van der Waals surface area contributed by atoms with E-state index in [9.17, 15) is 13.2 Å². The van der Waals surface area contributed by atoms with Crippen LogP contribution in [0.25, 0.3) is 11.4 Å². The van der Waals surface area contributed by atoms with Crippen molar-refractivity contribution in [2.45, 2.75) is 19.3 Å². The Labute approximate surface area is 194 Å². The van der Waals surface area contributed by atoms with Crippen molar-refractivity contribution in [3.63, 3.8) is 0 Å². The van der Waals surface area contributed by atoms with Crippen LogP contribution in [-0.2, 0) is 19.3 Å². The summed E-state index contributed by atoms with van der Waals surface area (Å²) >= 11 is 0. The molecule has 3 aromatic rings. The number of halogens is 4. The molecule has 0 bridgehead atoms. The second kappa shape index (κ2) is 11.0. The zero-order valence-electron chi connectivity index (χ0n) is 16.8. The maximum atomic E-state index is 12.8. The molecule has 0 unspecified atom stereocenters. The molecule has 11 heteroatoms. The molecule has 0 radical (unpaired) electrons. The molecule has 7 nitrogen and oxygen atoms in total. The molecule has 0 aliphatic heterocycles. The van der Waals surface area contributed by atoms with Crippen molar-refractivity contribution in [1.82, 2.24) is 25.8 Å². The highest BCUT2D eigenvalue weighted by Crippen LogP contribution is 2.29. The Morgan fingerprint density at radius 3 is 2.45 bits per heavy atom. The molecule has 0 aliphatic rings. The lowest BCUT2D eigenvalue weighted by atomic mass is 10.1. The van der Waals surface area contributed by atoms with Crippen molar-refractivity contribution in [3.05, 3.63) is 65.5 Å². The number of aliphatic imine (C=N–C) groups is 1. The van der Waals surface area contributed by atoms with Crippen LogP contribution in [0.1, 0.15) is 17.0 Å². The second-order valence-corrected chi connectivity index (χ2v) is 6.31. The molecule has 0 saturated carbocycles. The summed E-state index contributed by atoms with van der Waals surface area (Å²) in [7, 11) is 3.17. The number of methoxy groups -OCH3 is 1. The van der Waals surface area contributed by atoms with E-state index in [1.165, 1.54) is 6.07 Å². The number of nitrogens with zero attached hydrogens (tertiary/aromatic N) is 3. The van der Waals surface area contributed by atoms with E-state index in [-0.39, 0.29) is 30.5 Å². The van der Waals surface area contributed by atoms with Crippen LogP contribution in [-0.4, -0.2) is 35.3 Å². The Bertz CT molecular complexity index is 1000. The molecule has 1 aromatic heterocycles. The maximum absolute atomic E-state index is 12.8. The fraction of sp³-hybridized carbons (Fsp3) is 0.250. The molecule has 0 spiro atoms. The first-order valence-electron chi connectivity index (χ1n) is 9.05. The number of ether oxygens (including phenoxy) is 1. The van der Waals surface area contributed by atoms with Crippen LogP contribution >= 0.6 is 24.0 Å². The Balaban J connectivity index is 0.00000341. The number of H-pyrrole nitrogens is 1. The average molecular weight is 546 g/mol. The standard InChI is InChI=1S/C20H21F3N6O.HI/c1-24-19(25-11-13-4-3-5-15(10-13)20(21,22)23)26-12-17-27-18(29-28-17)14-6-8-16(30-2)9-7-14;/h3-10H,11-12H2,1-2H3,(H2,24,25,26)(H,27,28,29);1H. The number of alkyl halides is 3. The van der Waals surface area contributed by atoms with Gasteiger partial charge in [0.2, 0.25) is 0 Å². The summed E-state index contributed by atoms with van der Waals surface area (Å²) in [5.74, 6) is 2.30. The Morgan fingerprint density at radius 1 is 1.10 bits per heavy atom. The third-order valence-electron chi connectivity index (χ3n) is 4.24. The average Bonchev–Trinajstić information content (AvgIpc) is 3.22. The zero-order chi connectivity index (χ0) is 21.6. The van der Waals surface area contributed by atoms with Gasteiger partial charge in [-0.1, -0.05) is 12.1 Å². The SMILES string of the molecule is CN=C(NCc1cccc(C(F)(F)F)c1)NCc1nc(-c2ccc(OC)cc2)n[nH]1.I. The molecule has 1 heterocycles. The lowest BCUT2D eigenvalue weighted by molar-refractivity contribution is -0.137. The van der Waals surface area contributed by atoms with Crippen LogP contribution < -0.4 is 15.4 Å². The summed E-state index contributed by atoms with van der Waals surface area (Å²) in [4.78, 5) is 8.49. The summed E-state index contributed by atoms with van der Waals surface area (Å²) in [6.07, 6.45) is -4.37. The van der Waals surface area contributed by atoms with Crippen LogP contribution in [0.4, 0.5) is 13.2 Å². The summed E-state index contributed by atoms with van der Waals surface area (Å²) in [5.41, 5.74) is 0.650. The van der Waals surface area contributed by atoms with E-state index in [1.807, 2.05) is 24.3 Å². The molecule has 2 aromatic carbocycles. The first-order valence-corrected chi connectivity index (χ1v) is 9.05. The molecular formula is C20H22F3IN6O. The van der Waals surface area contributed by atoms with Gasteiger partial charge in [0.15, 0.2) is 11.8 Å². The Kier molecular flexibility index (Phi) is 8.65. The van der Waals surface area contributed by atoms with E-state index in [2.05, 4.69) is 30.8 Å². The van der Waals surface area contributed by atoms with Crippen molar-refractivity contribution >= 4 is 29.9 Å². The molecule has 3 N–H and O–H groups in total. The van der Waals surface area contributed by atoms with E-state index in [1.54, 1.807) is 20.2 Å². The van der Waals surface area contributed by atoms with Gasteiger partial charge < -0.3 is 15.4 Å². The second-order valence-electron chi connectivity index (χ2n) is 6.31. The topological polar surface area (TPSA) is 87.2 Å². The van der Waals surface area contributed by atoms with Gasteiger partial charge in [0.1, 0.15) is 11.6 Å². The van der Waals surface area contributed by atoms with Gasteiger partial charge in [0, 0.05) is 19.2 Å². The van der Waals surface area contributed by atoms with E-state index in [0.29, 0.717) is 29.7 Å². The predicted molar refractivity (Wildman–Crippen MR) is 122 cm³/mol. The molecule has 166 valence electrons. The molecule has 0 amide bonds. The van der Waals surface area contributed by atoms with E-state index < -0.39 is 11.7 Å². The monoisotopic (exact) mass is 546 g/mol. The van der Waals surface area contributed by atoms with Crippen molar-refractivity contribution < 1.29 is 17.9 Å². The minimum Gasteiger partial charge on any atom is -0.497 e. The van der Waals surface area contributed by atoms with Crippen LogP contribution in [0.15, 0.2) is 53.5 Å². The lowest BCUT2D eigenvalue weighted by Gasteiger charge is -2.12. The highest BCUT2D eigenvalue weighted by Gasteiger charge is 2.30. The van der Waals surface area contributed by atoms with Gasteiger partial charge in [-0.25, -0.2) is 4.98 Å². The number of hydrogen-bond acceptors (Lipinski definition) is 4. The molecule has 0 saturated heterocycles. The zero-order valence-corrected chi connectivity index (χ0v) is 19.2. The normalized spacial score (nSPS) is 11.6. The fourth-order valence-corrected chi connectivity index (χ4v) is 2.68. The van der Waals surface area contributed by atoms with Crippen molar-refractivity contribution in [2.24, 2.45) is 4.99 Å². The van der Waals surface area contributed by atoms with Gasteiger partial charge in [-0.3, -0.25) is 10.1 Å². The van der Waals surface area contributed by atoms with Crippen LogP contribution in [0.5, 0.6) is 5.75 Å². The van der Waals surface area contributed by atoms with Crippen molar-refractivity contribution in [3.8, 4) is 17.1 Å². The van der Waals surface area contributed by atoms with Crippen molar-refractivity contribution in [1.29, 1.82) is 0 Å². The quantitative estimate of drug-likeness (QED) is 0.248. The number of hydrogen-bond donors (Lipinski definition) is 3. The molecule has 31 heavy (non-hydrogen) atoms. The number of benzene rings is 2. The van der Waals surface area contributed by atoms with Crippen LogP contribution in [0.3, 0.4) is 0 Å². The molecular weight excluding hydrogens is 524 g/mol.